The molecule has 0 saturated carbocycles. The van der Waals surface area contributed by atoms with Crippen LogP contribution < -0.4 is 0 Å². The summed E-state index contributed by atoms with van der Waals surface area (Å²) in [5, 5.41) is 0.322. The molecule has 1 aromatic rings. The van der Waals surface area contributed by atoms with Crippen molar-refractivity contribution in [2.45, 2.75) is 11.3 Å². The van der Waals surface area contributed by atoms with Crippen LogP contribution in [0.25, 0.3) is 0 Å². The van der Waals surface area contributed by atoms with Gasteiger partial charge in [0.25, 0.3) is 0 Å². The Bertz CT molecular complexity index is 549. The first-order valence-corrected chi connectivity index (χ1v) is 6.57. The van der Waals surface area contributed by atoms with Crippen molar-refractivity contribution < 1.29 is 13.2 Å². The second-order valence-electron chi connectivity index (χ2n) is 3.25. The van der Waals surface area contributed by atoms with Crippen molar-refractivity contribution >= 4 is 38.8 Å². The van der Waals surface area contributed by atoms with Crippen LogP contribution in [-0.4, -0.2) is 20.0 Å². The van der Waals surface area contributed by atoms with Crippen LogP contribution in [0.5, 0.6) is 0 Å². The maximum absolute atomic E-state index is 11.7. The Labute approximate surface area is 96.9 Å². The third-order valence-electron chi connectivity index (χ3n) is 2.23. The van der Waals surface area contributed by atoms with E-state index in [1.807, 2.05) is 0 Å². The molecule has 2 rings (SSSR count). The summed E-state index contributed by atoms with van der Waals surface area (Å²) in [4.78, 5) is 11.5. The zero-order valence-electron chi connectivity index (χ0n) is 7.46. The van der Waals surface area contributed by atoms with E-state index in [-0.39, 0.29) is 38.5 Å². The predicted molar refractivity (Wildman–Crippen MR) is 57.5 cm³/mol. The fraction of sp³-hybridized carbons (Fsp3) is 0.222. The van der Waals surface area contributed by atoms with Gasteiger partial charge in [-0.2, -0.15) is 0 Å². The highest BCUT2D eigenvalue weighted by atomic mass is 35.5. The van der Waals surface area contributed by atoms with Gasteiger partial charge in [-0.25, -0.2) is 8.42 Å². The summed E-state index contributed by atoms with van der Waals surface area (Å²) in [6.45, 7) is 0. The lowest BCUT2D eigenvalue weighted by molar-refractivity contribution is 0.0983. The Balaban J connectivity index is 2.85. The van der Waals surface area contributed by atoms with Crippen LogP contribution >= 0.6 is 23.2 Å². The summed E-state index contributed by atoms with van der Waals surface area (Å²) in [6.07, 6.45) is -0.0172. The molecule has 0 fully saturated rings. The first-order chi connectivity index (χ1) is 6.92. The predicted octanol–water partition coefficient (Wildman–Crippen LogP) is 2.35. The van der Waals surface area contributed by atoms with E-state index in [1.165, 1.54) is 12.1 Å². The average Bonchev–Trinajstić information content (AvgIpc) is 2.11. The molecule has 0 amide bonds. The Kier molecular flexibility index (Phi) is 2.53. The number of carbonyl (C=O) groups is 1. The quantitative estimate of drug-likeness (QED) is 0.723. The minimum absolute atomic E-state index is 0.0172. The Morgan fingerprint density at radius 2 is 1.87 bits per heavy atom. The van der Waals surface area contributed by atoms with Gasteiger partial charge in [0.15, 0.2) is 15.6 Å². The Morgan fingerprint density at radius 3 is 2.53 bits per heavy atom. The lowest BCUT2D eigenvalue weighted by Crippen LogP contribution is -2.21. The van der Waals surface area contributed by atoms with E-state index >= 15 is 0 Å². The Morgan fingerprint density at radius 1 is 1.20 bits per heavy atom. The summed E-state index contributed by atoms with van der Waals surface area (Å²) >= 11 is 11.5. The highest BCUT2D eigenvalue weighted by Crippen LogP contribution is 2.33. The number of Topliss-reactive ketones (excluding diaryl/α,β-unsaturated/α-hetero) is 1. The maximum atomic E-state index is 11.7. The van der Waals surface area contributed by atoms with Crippen LogP contribution in [0.3, 0.4) is 0 Å². The molecule has 0 aromatic heterocycles. The highest BCUT2D eigenvalue weighted by molar-refractivity contribution is 7.91. The molecule has 0 spiro atoms. The normalized spacial score (nSPS) is 18.7. The van der Waals surface area contributed by atoms with Crippen molar-refractivity contribution in [2.75, 3.05) is 5.75 Å². The summed E-state index contributed by atoms with van der Waals surface area (Å²) in [7, 11) is -3.41. The minimum atomic E-state index is -3.41. The van der Waals surface area contributed by atoms with Crippen molar-refractivity contribution in [3.8, 4) is 0 Å². The first-order valence-electron chi connectivity index (χ1n) is 4.17. The highest BCUT2D eigenvalue weighted by Gasteiger charge is 2.31. The number of fused-ring (bicyclic) bond motifs is 1. The third-order valence-corrected chi connectivity index (χ3v) is 4.48. The van der Waals surface area contributed by atoms with Crippen LogP contribution in [0, 0.1) is 0 Å². The molecule has 3 nitrogen and oxygen atoms in total. The van der Waals surface area contributed by atoms with Crippen molar-refractivity contribution in [1.82, 2.24) is 0 Å². The number of rotatable bonds is 0. The smallest absolute Gasteiger partial charge is 0.179 e. The van der Waals surface area contributed by atoms with Crippen molar-refractivity contribution in [3.05, 3.63) is 27.7 Å². The van der Waals surface area contributed by atoms with Crippen LogP contribution in [-0.2, 0) is 9.84 Å². The van der Waals surface area contributed by atoms with E-state index in [1.54, 1.807) is 0 Å². The van der Waals surface area contributed by atoms with Crippen molar-refractivity contribution in [2.24, 2.45) is 0 Å². The van der Waals surface area contributed by atoms with Gasteiger partial charge >= 0.3 is 0 Å². The summed E-state index contributed by atoms with van der Waals surface area (Å²) in [5.41, 5.74) is 0.0762. The van der Waals surface area contributed by atoms with Crippen molar-refractivity contribution in [3.63, 3.8) is 0 Å². The van der Waals surface area contributed by atoms with Gasteiger partial charge in [0, 0.05) is 11.4 Å². The molecule has 0 saturated heterocycles. The van der Waals surface area contributed by atoms with E-state index in [4.69, 9.17) is 23.2 Å². The molecule has 0 radical (unpaired) electrons. The maximum Gasteiger partial charge on any atom is 0.179 e. The summed E-state index contributed by atoms with van der Waals surface area (Å²) in [5.74, 6) is -0.420. The molecule has 0 atom stereocenters. The number of sulfone groups is 1. The minimum Gasteiger partial charge on any atom is -0.294 e. The van der Waals surface area contributed by atoms with E-state index in [0.717, 1.165) is 0 Å². The van der Waals surface area contributed by atoms with Gasteiger partial charge in [0.05, 0.1) is 21.2 Å². The van der Waals surface area contributed by atoms with Gasteiger partial charge in [-0.1, -0.05) is 23.2 Å². The fourth-order valence-corrected chi connectivity index (χ4v) is 3.76. The number of benzene rings is 1. The number of hydrogen-bond donors (Lipinski definition) is 0. The van der Waals surface area contributed by atoms with E-state index in [9.17, 15) is 13.2 Å². The lowest BCUT2D eigenvalue weighted by Gasteiger charge is -2.16. The lowest BCUT2D eigenvalue weighted by atomic mass is 10.1. The van der Waals surface area contributed by atoms with Gasteiger partial charge < -0.3 is 0 Å². The molecular weight excluding hydrogens is 259 g/mol. The average molecular weight is 265 g/mol. The van der Waals surface area contributed by atoms with Crippen molar-refractivity contribution in [1.29, 1.82) is 0 Å². The molecule has 1 aromatic carbocycles. The van der Waals surface area contributed by atoms with Gasteiger partial charge in [0.2, 0.25) is 0 Å². The zero-order chi connectivity index (χ0) is 11.2. The van der Waals surface area contributed by atoms with Gasteiger partial charge in [-0.15, -0.1) is 0 Å². The number of halogens is 2. The van der Waals surface area contributed by atoms with E-state index < -0.39 is 9.84 Å². The van der Waals surface area contributed by atoms with Gasteiger partial charge in [-0.05, 0) is 12.1 Å². The third kappa shape index (κ3) is 1.77. The fourth-order valence-electron chi connectivity index (χ4n) is 1.53. The molecule has 0 bridgehead atoms. The van der Waals surface area contributed by atoms with Gasteiger partial charge in [0.1, 0.15) is 0 Å². The number of ketones is 1. The molecule has 0 N–H and O–H groups in total. The van der Waals surface area contributed by atoms with E-state index in [0.29, 0.717) is 0 Å². The monoisotopic (exact) mass is 264 g/mol. The molecule has 80 valence electrons. The van der Waals surface area contributed by atoms with Crippen LogP contribution in [0.1, 0.15) is 16.8 Å². The summed E-state index contributed by atoms with van der Waals surface area (Å²) in [6, 6.07) is 2.65. The second kappa shape index (κ2) is 3.47. The van der Waals surface area contributed by atoms with Gasteiger partial charge in [-0.3, -0.25) is 4.79 Å². The van der Waals surface area contributed by atoms with Crippen LogP contribution in [0.4, 0.5) is 0 Å². The topological polar surface area (TPSA) is 51.2 Å². The molecule has 6 heteroatoms. The molecule has 1 aliphatic heterocycles. The summed E-state index contributed by atoms with van der Waals surface area (Å²) < 4.78 is 23.3. The second-order valence-corrected chi connectivity index (χ2v) is 6.17. The zero-order valence-corrected chi connectivity index (χ0v) is 9.79. The largest absolute Gasteiger partial charge is 0.294 e. The molecule has 15 heavy (non-hydrogen) atoms. The molecular formula is C9H6Cl2O3S. The Hall–Kier alpha value is -0.580. The molecule has 1 aliphatic rings. The van der Waals surface area contributed by atoms with E-state index in [2.05, 4.69) is 0 Å². The number of hydrogen-bond acceptors (Lipinski definition) is 3. The van der Waals surface area contributed by atoms with Crippen LogP contribution in [0.15, 0.2) is 17.0 Å². The molecule has 0 aliphatic carbocycles. The molecule has 1 heterocycles. The SMILES string of the molecule is O=C1CCS(=O)(=O)c2cc(Cl)cc(Cl)c21. The standard InChI is InChI=1S/C9H6Cl2O3S/c10-5-3-6(11)9-7(12)1-2-15(13,14)8(9)4-5/h3-4H,1-2H2. The number of carbonyl (C=O) groups excluding carboxylic acids is 1. The molecule has 0 unspecified atom stereocenters. The van der Waals surface area contributed by atoms with Crippen LogP contribution in [0.2, 0.25) is 10.0 Å². The first kappa shape index (κ1) is 10.9.